The maximum atomic E-state index is 14.1. The topological polar surface area (TPSA) is 75.6 Å². The highest BCUT2D eigenvalue weighted by atomic mass is 32.2. The van der Waals surface area contributed by atoms with Crippen molar-refractivity contribution >= 4 is 23.6 Å². The second-order valence-corrected chi connectivity index (χ2v) is 6.00. The SMILES string of the molecule is COc1cccc(C(=O)NC2(C(=O)O)CCSCC2)c1F. The largest absolute Gasteiger partial charge is 0.494 e. The van der Waals surface area contributed by atoms with Crippen molar-refractivity contribution in [3.63, 3.8) is 0 Å². The van der Waals surface area contributed by atoms with Crippen LogP contribution < -0.4 is 10.1 Å². The van der Waals surface area contributed by atoms with Crippen LogP contribution in [0.1, 0.15) is 23.2 Å². The lowest BCUT2D eigenvalue weighted by Gasteiger charge is -2.33. The fraction of sp³-hybridized carbons (Fsp3) is 0.429. The van der Waals surface area contributed by atoms with E-state index in [-0.39, 0.29) is 11.3 Å². The number of methoxy groups -OCH3 is 1. The van der Waals surface area contributed by atoms with Crippen molar-refractivity contribution in [2.24, 2.45) is 0 Å². The van der Waals surface area contributed by atoms with Gasteiger partial charge < -0.3 is 15.2 Å². The summed E-state index contributed by atoms with van der Waals surface area (Å²) in [6, 6.07) is 4.19. The van der Waals surface area contributed by atoms with Crippen LogP contribution in [0.4, 0.5) is 4.39 Å². The fourth-order valence-corrected chi connectivity index (χ4v) is 3.43. The molecular formula is C14H16FNO4S. The number of benzene rings is 1. The summed E-state index contributed by atoms with van der Waals surface area (Å²) in [5, 5.41) is 11.9. The molecule has 0 spiro atoms. The number of amides is 1. The Bertz CT molecular complexity index is 558. The minimum atomic E-state index is -1.32. The number of carboxylic acids is 1. The number of ether oxygens (including phenoxy) is 1. The molecule has 1 aromatic carbocycles. The van der Waals surface area contributed by atoms with E-state index in [1.54, 1.807) is 11.8 Å². The smallest absolute Gasteiger partial charge is 0.329 e. The van der Waals surface area contributed by atoms with E-state index in [0.717, 1.165) is 0 Å². The number of halogens is 1. The van der Waals surface area contributed by atoms with Gasteiger partial charge in [-0.05, 0) is 36.5 Å². The van der Waals surface area contributed by atoms with E-state index >= 15 is 0 Å². The Balaban J connectivity index is 2.26. The molecule has 1 aliphatic rings. The summed E-state index contributed by atoms with van der Waals surface area (Å²) in [6.07, 6.45) is 0.647. The molecule has 0 saturated carbocycles. The molecule has 0 atom stereocenters. The average molecular weight is 313 g/mol. The van der Waals surface area contributed by atoms with Crippen LogP contribution in [0.25, 0.3) is 0 Å². The van der Waals surface area contributed by atoms with Gasteiger partial charge in [0.1, 0.15) is 5.54 Å². The second-order valence-electron chi connectivity index (χ2n) is 4.78. The molecule has 1 saturated heterocycles. The number of rotatable bonds is 4. The van der Waals surface area contributed by atoms with Crippen molar-refractivity contribution in [1.29, 1.82) is 0 Å². The molecule has 0 unspecified atom stereocenters. The predicted molar refractivity (Wildman–Crippen MR) is 77.3 cm³/mol. The molecule has 2 N–H and O–H groups in total. The van der Waals surface area contributed by atoms with Gasteiger partial charge in [-0.1, -0.05) is 6.07 Å². The minimum Gasteiger partial charge on any atom is -0.494 e. The maximum absolute atomic E-state index is 14.1. The average Bonchev–Trinajstić information content (AvgIpc) is 2.48. The van der Waals surface area contributed by atoms with Gasteiger partial charge in [-0.15, -0.1) is 0 Å². The van der Waals surface area contributed by atoms with Gasteiger partial charge in [0.15, 0.2) is 11.6 Å². The number of thioether (sulfide) groups is 1. The highest BCUT2D eigenvalue weighted by Gasteiger charge is 2.41. The summed E-state index contributed by atoms with van der Waals surface area (Å²) in [5.74, 6) is -1.37. The summed E-state index contributed by atoms with van der Waals surface area (Å²) in [6.45, 7) is 0. The fourth-order valence-electron chi connectivity index (χ4n) is 2.24. The molecule has 0 aliphatic carbocycles. The Morgan fingerprint density at radius 3 is 2.62 bits per heavy atom. The molecule has 1 aromatic rings. The van der Waals surface area contributed by atoms with E-state index in [1.807, 2.05) is 0 Å². The monoisotopic (exact) mass is 313 g/mol. The zero-order chi connectivity index (χ0) is 15.5. The van der Waals surface area contributed by atoms with Gasteiger partial charge in [-0.25, -0.2) is 9.18 Å². The molecule has 5 nitrogen and oxygen atoms in total. The molecule has 1 heterocycles. The van der Waals surface area contributed by atoms with E-state index in [4.69, 9.17) is 4.74 Å². The van der Waals surface area contributed by atoms with Crippen LogP contribution in [0.3, 0.4) is 0 Å². The number of carboxylic acid groups (broad SMARTS) is 1. The first kappa shape index (κ1) is 15.6. The molecule has 7 heteroatoms. The molecule has 0 bridgehead atoms. The quantitative estimate of drug-likeness (QED) is 0.888. The van der Waals surface area contributed by atoms with Gasteiger partial charge in [0, 0.05) is 0 Å². The molecule has 2 rings (SSSR count). The molecule has 1 aliphatic heterocycles. The Morgan fingerprint density at radius 2 is 2.05 bits per heavy atom. The van der Waals surface area contributed by atoms with E-state index in [2.05, 4.69) is 5.32 Å². The van der Waals surface area contributed by atoms with Crippen molar-refractivity contribution < 1.29 is 23.8 Å². The van der Waals surface area contributed by atoms with Gasteiger partial charge >= 0.3 is 5.97 Å². The Hall–Kier alpha value is -1.76. The lowest BCUT2D eigenvalue weighted by molar-refractivity contribution is -0.144. The van der Waals surface area contributed by atoms with E-state index in [9.17, 15) is 19.1 Å². The first-order chi connectivity index (χ1) is 10.00. The molecule has 114 valence electrons. The van der Waals surface area contributed by atoms with Gasteiger partial charge in [-0.3, -0.25) is 4.79 Å². The summed E-state index contributed by atoms with van der Waals surface area (Å²) in [7, 11) is 1.30. The molecule has 1 amide bonds. The van der Waals surface area contributed by atoms with Crippen molar-refractivity contribution in [1.82, 2.24) is 5.32 Å². The van der Waals surface area contributed by atoms with Crippen LogP contribution in [-0.4, -0.2) is 41.1 Å². The van der Waals surface area contributed by atoms with Crippen LogP contribution in [0.5, 0.6) is 5.75 Å². The standard InChI is InChI=1S/C14H16FNO4S/c1-20-10-4-2-3-9(11(10)15)12(17)16-14(13(18)19)5-7-21-8-6-14/h2-4H,5-8H2,1H3,(H,16,17)(H,18,19). The predicted octanol–water partition coefficient (Wildman–Crippen LogP) is 1.91. The molecule has 1 fully saturated rings. The maximum Gasteiger partial charge on any atom is 0.329 e. The zero-order valence-electron chi connectivity index (χ0n) is 11.5. The van der Waals surface area contributed by atoms with Crippen LogP contribution in [0, 0.1) is 5.82 Å². The normalized spacial score (nSPS) is 17.0. The Kier molecular flexibility index (Phi) is 4.72. The van der Waals surface area contributed by atoms with Gasteiger partial charge in [0.2, 0.25) is 0 Å². The third kappa shape index (κ3) is 3.12. The third-order valence-corrected chi connectivity index (χ3v) is 4.52. The number of carbonyl (C=O) groups is 2. The van der Waals surface area contributed by atoms with Crippen LogP contribution in [0.15, 0.2) is 18.2 Å². The molecular weight excluding hydrogens is 297 g/mol. The summed E-state index contributed by atoms with van der Waals surface area (Å²) < 4.78 is 18.9. The lowest BCUT2D eigenvalue weighted by Crippen LogP contribution is -2.56. The Labute approximate surface area is 125 Å². The Morgan fingerprint density at radius 1 is 1.38 bits per heavy atom. The van der Waals surface area contributed by atoms with Crippen molar-refractivity contribution in [2.75, 3.05) is 18.6 Å². The van der Waals surface area contributed by atoms with Gasteiger partial charge in [-0.2, -0.15) is 11.8 Å². The number of hydrogen-bond donors (Lipinski definition) is 2. The van der Waals surface area contributed by atoms with Crippen LogP contribution >= 0.6 is 11.8 Å². The highest BCUT2D eigenvalue weighted by Crippen LogP contribution is 2.28. The van der Waals surface area contributed by atoms with E-state index in [0.29, 0.717) is 24.3 Å². The summed E-state index contributed by atoms with van der Waals surface area (Å²) >= 11 is 1.64. The third-order valence-electron chi connectivity index (χ3n) is 3.54. The number of aliphatic carboxylic acids is 1. The zero-order valence-corrected chi connectivity index (χ0v) is 12.3. The number of hydrogen-bond acceptors (Lipinski definition) is 4. The summed E-state index contributed by atoms with van der Waals surface area (Å²) in [4.78, 5) is 23.7. The van der Waals surface area contributed by atoms with Crippen molar-refractivity contribution in [3.8, 4) is 5.75 Å². The lowest BCUT2D eigenvalue weighted by atomic mass is 9.91. The number of nitrogens with one attached hydrogen (secondary N) is 1. The molecule has 21 heavy (non-hydrogen) atoms. The van der Waals surface area contributed by atoms with Crippen LogP contribution in [0.2, 0.25) is 0 Å². The van der Waals surface area contributed by atoms with Crippen molar-refractivity contribution in [2.45, 2.75) is 18.4 Å². The molecule has 0 radical (unpaired) electrons. The van der Waals surface area contributed by atoms with E-state index < -0.39 is 23.2 Å². The van der Waals surface area contributed by atoms with Gasteiger partial charge in [0.05, 0.1) is 12.7 Å². The first-order valence-corrected chi connectivity index (χ1v) is 7.62. The first-order valence-electron chi connectivity index (χ1n) is 6.46. The molecule has 0 aromatic heterocycles. The summed E-state index contributed by atoms with van der Waals surface area (Å²) in [5.41, 5.74) is -1.54. The van der Waals surface area contributed by atoms with Crippen molar-refractivity contribution in [3.05, 3.63) is 29.6 Å². The van der Waals surface area contributed by atoms with Gasteiger partial charge in [0.25, 0.3) is 5.91 Å². The minimum absolute atomic E-state index is 0.0498. The number of carbonyl (C=O) groups excluding carboxylic acids is 1. The van der Waals surface area contributed by atoms with E-state index in [1.165, 1.54) is 25.3 Å². The van der Waals surface area contributed by atoms with Crippen LogP contribution in [-0.2, 0) is 4.79 Å². The highest BCUT2D eigenvalue weighted by molar-refractivity contribution is 7.99. The second kappa shape index (κ2) is 6.34.